The van der Waals surface area contributed by atoms with Crippen LogP contribution < -0.4 is 10.1 Å². The maximum absolute atomic E-state index is 13.6. The van der Waals surface area contributed by atoms with E-state index >= 15 is 0 Å². The van der Waals surface area contributed by atoms with Crippen molar-refractivity contribution in [3.63, 3.8) is 0 Å². The molecule has 4 heterocycles. The molecule has 4 aromatic rings. The molecule has 6 rings (SSSR count). The number of carbonyl (C=O) groups excluding carboxylic acids is 4. The second-order valence-corrected chi connectivity index (χ2v) is 12.1. The minimum atomic E-state index is -1.16. The molecule has 0 bridgehead atoms. The molecule has 266 valence electrons. The highest BCUT2D eigenvalue weighted by Crippen LogP contribution is 2.30. The van der Waals surface area contributed by atoms with Crippen LogP contribution >= 0.6 is 0 Å². The van der Waals surface area contributed by atoms with Gasteiger partial charge in [-0.3, -0.25) is 19.2 Å². The molecule has 0 radical (unpaired) electrons. The fraction of sp³-hybridized carbons (Fsp3) is 0.361. The molecular weight excluding hydrogens is 660 g/mol. The van der Waals surface area contributed by atoms with Gasteiger partial charge in [-0.2, -0.15) is 0 Å². The molecule has 2 N–H and O–H groups in total. The molecule has 15 nitrogen and oxygen atoms in total. The van der Waals surface area contributed by atoms with E-state index < -0.39 is 29.9 Å². The summed E-state index contributed by atoms with van der Waals surface area (Å²) >= 11 is 0. The maximum atomic E-state index is 13.6. The largest absolute Gasteiger partial charge is 0.483 e. The number of ether oxygens (including phenoxy) is 2. The van der Waals surface area contributed by atoms with Gasteiger partial charge in [0.2, 0.25) is 5.91 Å². The summed E-state index contributed by atoms with van der Waals surface area (Å²) in [5, 5.41) is 16.8. The standard InChI is InChI=1S/C36H38N6O9/c1-2-49-36(48)41-18-16-40(17-19-41)35(47)27(12-13-32(44)45)38-34(46)28-20-30(24-10-6-7-11-26(24)37-28)50-22-31(43)42-15-14-29-25(21-42)33(39-51-29)23-8-4-3-5-9-23/h3-11,20,27H,2,12-19,21-22H2,1H3,(H,38,46)(H,44,45)/t27-/m0/s1. The van der Waals surface area contributed by atoms with Gasteiger partial charge in [0.25, 0.3) is 11.8 Å². The molecule has 2 aliphatic heterocycles. The number of amides is 4. The molecule has 0 saturated carbocycles. The number of benzene rings is 2. The smallest absolute Gasteiger partial charge is 0.409 e. The fourth-order valence-electron chi connectivity index (χ4n) is 6.16. The third-order valence-corrected chi connectivity index (χ3v) is 8.86. The van der Waals surface area contributed by atoms with E-state index in [4.69, 9.17) is 14.0 Å². The number of para-hydroxylation sites is 1. The van der Waals surface area contributed by atoms with Crippen LogP contribution in [0.25, 0.3) is 22.2 Å². The number of hydrogen-bond acceptors (Lipinski definition) is 10. The molecule has 2 aromatic carbocycles. The van der Waals surface area contributed by atoms with E-state index in [-0.39, 0.29) is 69.6 Å². The van der Waals surface area contributed by atoms with Crippen LogP contribution in [0.5, 0.6) is 5.75 Å². The summed E-state index contributed by atoms with van der Waals surface area (Å²) in [7, 11) is 0. The van der Waals surface area contributed by atoms with Crippen LogP contribution in [0.4, 0.5) is 4.79 Å². The Labute approximate surface area is 293 Å². The highest BCUT2D eigenvalue weighted by Gasteiger charge is 2.32. The van der Waals surface area contributed by atoms with Crippen LogP contribution in [0.15, 0.2) is 65.2 Å². The lowest BCUT2D eigenvalue weighted by Gasteiger charge is -2.35. The summed E-state index contributed by atoms with van der Waals surface area (Å²) in [5.74, 6) is -1.58. The molecule has 0 unspecified atom stereocenters. The van der Waals surface area contributed by atoms with E-state index in [1.807, 2.05) is 30.3 Å². The molecule has 2 aliphatic rings. The molecule has 1 saturated heterocycles. The van der Waals surface area contributed by atoms with Crippen molar-refractivity contribution >= 4 is 40.7 Å². The number of hydrogen-bond donors (Lipinski definition) is 2. The van der Waals surface area contributed by atoms with Gasteiger partial charge in [0, 0.05) is 68.1 Å². The molecule has 1 atom stereocenters. The molecule has 4 amide bonds. The van der Waals surface area contributed by atoms with Crippen molar-refractivity contribution in [3.05, 3.63) is 77.7 Å². The van der Waals surface area contributed by atoms with Gasteiger partial charge in [0.1, 0.15) is 28.9 Å². The van der Waals surface area contributed by atoms with Crippen LogP contribution in [-0.4, -0.2) is 112 Å². The third kappa shape index (κ3) is 8.09. The lowest BCUT2D eigenvalue weighted by molar-refractivity contribution is -0.138. The highest BCUT2D eigenvalue weighted by molar-refractivity contribution is 5.99. The first-order valence-corrected chi connectivity index (χ1v) is 16.8. The van der Waals surface area contributed by atoms with Crippen LogP contribution in [0.1, 0.15) is 41.6 Å². The van der Waals surface area contributed by atoms with E-state index in [0.29, 0.717) is 36.1 Å². The van der Waals surface area contributed by atoms with E-state index in [0.717, 1.165) is 16.9 Å². The van der Waals surface area contributed by atoms with Crippen molar-refractivity contribution in [2.75, 3.05) is 45.9 Å². The Kier molecular flexibility index (Phi) is 10.7. The normalized spacial score (nSPS) is 14.8. The Bertz CT molecular complexity index is 1920. The summed E-state index contributed by atoms with van der Waals surface area (Å²) in [4.78, 5) is 73.2. The van der Waals surface area contributed by atoms with Gasteiger partial charge in [0.05, 0.1) is 18.7 Å². The highest BCUT2D eigenvalue weighted by atomic mass is 16.6. The van der Waals surface area contributed by atoms with Gasteiger partial charge in [-0.15, -0.1) is 0 Å². The lowest BCUT2D eigenvalue weighted by atomic mass is 10.0. The van der Waals surface area contributed by atoms with Crippen LogP contribution in [0.2, 0.25) is 0 Å². The first kappa shape index (κ1) is 34.9. The van der Waals surface area contributed by atoms with Gasteiger partial charge in [0.15, 0.2) is 6.61 Å². The number of piperazine rings is 1. The van der Waals surface area contributed by atoms with Gasteiger partial charge in [-0.1, -0.05) is 47.6 Å². The minimum Gasteiger partial charge on any atom is -0.483 e. The van der Waals surface area contributed by atoms with E-state index in [2.05, 4.69) is 15.5 Å². The maximum Gasteiger partial charge on any atom is 0.409 e. The van der Waals surface area contributed by atoms with Crippen LogP contribution in [0, 0.1) is 0 Å². The number of aromatic nitrogens is 2. The Morgan fingerprint density at radius 2 is 1.67 bits per heavy atom. The zero-order valence-electron chi connectivity index (χ0n) is 28.1. The van der Waals surface area contributed by atoms with Gasteiger partial charge < -0.3 is 39.1 Å². The van der Waals surface area contributed by atoms with Crippen molar-refractivity contribution in [1.82, 2.24) is 30.2 Å². The topological polar surface area (TPSA) is 185 Å². The van der Waals surface area contributed by atoms with E-state index in [9.17, 15) is 29.1 Å². The van der Waals surface area contributed by atoms with Crippen molar-refractivity contribution in [2.24, 2.45) is 0 Å². The predicted octanol–water partition coefficient (Wildman–Crippen LogP) is 3.12. The number of fused-ring (bicyclic) bond motifs is 2. The number of aliphatic carboxylic acids is 1. The Morgan fingerprint density at radius 3 is 2.41 bits per heavy atom. The second-order valence-electron chi connectivity index (χ2n) is 12.1. The molecule has 2 aromatic heterocycles. The Balaban J connectivity index is 1.15. The number of nitrogens with zero attached hydrogens (tertiary/aromatic N) is 5. The zero-order valence-corrected chi connectivity index (χ0v) is 28.1. The molecule has 51 heavy (non-hydrogen) atoms. The van der Waals surface area contributed by atoms with Crippen molar-refractivity contribution < 1.29 is 43.1 Å². The van der Waals surface area contributed by atoms with Crippen LogP contribution in [-0.2, 0) is 32.1 Å². The summed E-state index contributed by atoms with van der Waals surface area (Å²) in [6.45, 7) is 3.22. The summed E-state index contributed by atoms with van der Waals surface area (Å²) in [5.41, 5.74) is 2.79. The fourth-order valence-corrected chi connectivity index (χ4v) is 6.16. The lowest BCUT2D eigenvalue weighted by Crippen LogP contribution is -2.56. The summed E-state index contributed by atoms with van der Waals surface area (Å²) in [6.07, 6.45) is -0.480. The average molecular weight is 699 g/mol. The quantitative estimate of drug-likeness (QED) is 0.235. The molecule has 0 aliphatic carbocycles. The van der Waals surface area contributed by atoms with Gasteiger partial charge in [-0.05, 0) is 25.5 Å². The van der Waals surface area contributed by atoms with Crippen LogP contribution in [0.3, 0.4) is 0 Å². The summed E-state index contributed by atoms with van der Waals surface area (Å²) in [6, 6.07) is 16.8. The molecule has 15 heteroatoms. The first-order chi connectivity index (χ1) is 24.7. The number of carboxylic acid groups (broad SMARTS) is 1. The monoisotopic (exact) mass is 698 g/mol. The number of carbonyl (C=O) groups is 5. The molecule has 1 fully saturated rings. The Hall–Kier alpha value is -5.99. The van der Waals surface area contributed by atoms with Gasteiger partial charge in [-0.25, -0.2) is 9.78 Å². The van der Waals surface area contributed by atoms with E-state index in [1.54, 1.807) is 36.1 Å². The van der Waals surface area contributed by atoms with Crippen molar-refractivity contribution in [2.45, 2.75) is 38.8 Å². The second kappa shape index (κ2) is 15.7. The molecule has 0 spiro atoms. The minimum absolute atomic E-state index is 0.0732. The van der Waals surface area contributed by atoms with Crippen molar-refractivity contribution in [1.29, 1.82) is 0 Å². The average Bonchev–Trinajstić information content (AvgIpc) is 3.59. The third-order valence-electron chi connectivity index (χ3n) is 8.86. The first-order valence-electron chi connectivity index (χ1n) is 16.8. The molecular formula is C36H38N6O9. The summed E-state index contributed by atoms with van der Waals surface area (Å²) < 4.78 is 16.6. The van der Waals surface area contributed by atoms with Gasteiger partial charge >= 0.3 is 12.1 Å². The Morgan fingerprint density at radius 1 is 0.941 bits per heavy atom. The number of nitrogens with one attached hydrogen (secondary N) is 1. The number of pyridine rings is 1. The predicted molar refractivity (Wildman–Crippen MR) is 182 cm³/mol. The SMILES string of the molecule is CCOC(=O)N1CCN(C(=O)[C@H](CCC(=O)O)NC(=O)c2cc(OCC(=O)N3CCc4onc(-c5ccccc5)c4C3)c3ccccc3n2)CC1. The van der Waals surface area contributed by atoms with Crippen molar-refractivity contribution in [3.8, 4) is 17.0 Å². The zero-order chi connectivity index (χ0) is 35.9. The number of rotatable bonds is 11. The number of carboxylic acids is 1. The van der Waals surface area contributed by atoms with E-state index in [1.165, 1.54) is 15.9 Å².